The van der Waals surface area contributed by atoms with Gasteiger partial charge in [-0.25, -0.2) is 0 Å². The molecule has 1 fully saturated rings. The number of benzene rings is 3. The van der Waals surface area contributed by atoms with Crippen LogP contribution in [0.1, 0.15) is 33.5 Å². The molecule has 0 aliphatic heterocycles. The average Bonchev–Trinajstić information content (AvgIpc) is 3.35. The molecule has 3 aromatic rings. The van der Waals surface area contributed by atoms with Crippen LogP contribution in [0.15, 0.2) is 97.1 Å². The Bertz CT molecular complexity index is 892. The van der Waals surface area contributed by atoms with E-state index in [2.05, 4.69) is 43.0 Å². The predicted molar refractivity (Wildman–Crippen MR) is 97.3 cm³/mol. The van der Waals surface area contributed by atoms with Gasteiger partial charge in [-0.1, -0.05) is 97.1 Å². The molecule has 24 heavy (non-hydrogen) atoms. The van der Waals surface area contributed by atoms with E-state index in [0.29, 0.717) is 0 Å². The molecular weight excluding hydrogens is 292 g/mol. The van der Waals surface area contributed by atoms with E-state index in [1.807, 2.05) is 48.5 Å². The topological polar surface area (TPSA) is 17.1 Å². The zero-order valence-electron chi connectivity index (χ0n) is 13.4. The van der Waals surface area contributed by atoms with Crippen molar-refractivity contribution in [3.63, 3.8) is 0 Å². The minimum atomic E-state index is -0.0738. The second-order valence-electron chi connectivity index (χ2n) is 6.32. The Hall–Kier alpha value is -2.93. The number of hydrogen-bond acceptors (Lipinski definition) is 1. The third-order valence-electron chi connectivity index (χ3n) is 4.90. The normalized spacial score (nSPS) is 19.1. The smallest absolute Gasteiger partial charge is 0.193 e. The first-order chi connectivity index (χ1) is 11.7. The van der Waals surface area contributed by atoms with Gasteiger partial charge in [0.05, 0.1) is 0 Å². The van der Waals surface area contributed by atoms with Crippen LogP contribution in [0.25, 0.3) is 0 Å². The number of carbonyl (C=O) groups excluding carboxylic acids is 1. The Morgan fingerprint density at radius 2 is 1.17 bits per heavy atom. The van der Waals surface area contributed by atoms with Crippen LogP contribution in [0.2, 0.25) is 0 Å². The number of rotatable bonds is 4. The summed E-state index contributed by atoms with van der Waals surface area (Å²) in [5, 5.41) is 0. The summed E-state index contributed by atoms with van der Waals surface area (Å²) in [7, 11) is 0. The van der Waals surface area contributed by atoms with E-state index in [4.69, 9.17) is 0 Å². The molecule has 3 aromatic carbocycles. The van der Waals surface area contributed by atoms with Gasteiger partial charge in [0.1, 0.15) is 0 Å². The van der Waals surface area contributed by atoms with Gasteiger partial charge in [0.2, 0.25) is 0 Å². The van der Waals surface area contributed by atoms with Gasteiger partial charge in [-0.3, -0.25) is 4.79 Å². The first kappa shape index (κ1) is 14.6. The van der Waals surface area contributed by atoms with Crippen LogP contribution in [0, 0.1) is 0 Å². The summed E-state index contributed by atoms with van der Waals surface area (Å²) >= 11 is 0. The summed E-state index contributed by atoms with van der Waals surface area (Å²) in [5.74, 6) is 0.0607. The lowest BCUT2D eigenvalue weighted by atomic mass is 9.86. The molecule has 0 unspecified atom stereocenters. The van der Waals surface area contributed by atoms with E-state index in [9.17, 15) is 4.79 Å². The molecule has 0 amide bonds. The fourth-order valence-corrected chi connectivity index (χ4v) is 3.44. The summed E-state index contributed by atoms with van der Waals surface area (Å²) in [6.45, 7) is 4.21. The Kier molecular flexibility index (Phi) is 3.42. The van der Waals surface area contributed by atoms with Gasteiger partial charge in [0, 0.05) is 16.5 Å². The summed E-state index contributed by atoms with van der Waals surface area (Å²) < 4.78 is 0. The summed E-state index contributed by atoms with van der Waals surface area (Å²) in [6.07, 6.45) is 0.975. The Labute approximate surface area is 142 Å². The van der Waals surface area contributed by atoms with Crippen LogP contribution in [-0.2, 0) is 5.41 Å². The monoisotopic (exact) mass is 310 g/mol. The summed E-state index contributed by atoms with van der Waals surface area (Å²) in [4.78, 5) is 12.5. The Morgan fingerprint density at radius 3 is 1.71 bits per heavy atom. The molecule has 1 aliphatic carbocycles. The number of hydrogen-bond donors (Lipinski definition) is 0. The van der Waals surface area contributed by atoms with E-state index < -0.39 is 0 Å². The van der Waals surface area contributed by atoms with Crippen molar-refractivity contribution in [3.05, 3.63) is 119 Å². The summed E-state index contributed by atoms with van der Waals surface area (Å²) in [5.41, 5.74) is 5.09. The molecule has 0 heterocycles. The molecule has 0 radical (unpaired) electrons. The number of allylic oxidation sites excluding steroid dienone is 1. The average molecular weight is 310 g/mol. The molecule has 4 rings (SSSR count). The van der Waals surface area contributed by atoms with Crippen LogP contribution in [-0.4, -0.2) is 5.78 Å². The molecule has 0 spiro atoms. The zero-order chi connectivity index (χ0) is 16.6. The molecule has 0 aromatic heterocycles. The largest absolute Gasteiger partial charge is 0.289 e. The number of ketones is 1. The van der Waals surface area contributed by atoms with Gasteiger partial charge < -0.3 is 0 Å². The van der Waals surface area contributed by atoms with E-state index in [1.165, 1.54) is 16.7 Å². The van der Waals surface area contributed by atoms with Crippen molar-refractivity contribution in [1.82, 2.24) is 0 Å². The molecule has 0 bridgehead atoms. The molecule has 0 N–H and O–H groups in total. The lowest BCUT2D eigenvalue weighted by molar-refractivity contribution is 0.103. The zero-order valence-corrected chi connectivity index (χ0v) is 13.4. The van der Waals surface area contributed by atoms with Gasteiger partial charge in [-0.05, 0) is 17.5 Å². The predicted octanol–water partition coefficient (Wildman–Crippen LogP) is 5.16. The third kappa shape index (κ3) is 2.30. The minimum Gasteiger partial charge on any atom is -0.289 e. The van der Waals surface area contributed by atoms with Crippen LogP contribution >= 0.6 is 0 Å². The van der Waals surface area contributed by atoms with Crippen molar-refractivity contribution in [2.75, 3.05) is 0 Å². The molecule has 1 atom stereocenters. The highest BCUT2D eigenvalue weighted by atomic mass is 16.1. The first-order valence-corrected chi connectivity index (χ1v) is 8.16. The fraction of sp³-hybridized carbons (Fsp3) is 0.0870. The molecule has 1 heteroatoms. The maximum Gasteiger partial charge on any atom is 0.193 e. The van der Waals surface area contributed by atoms with E-state index in [1.54, 1.807) is 0 Å². The first-order valence-electron chi connectivity index (χ1n) is 8.16. The highest BCUT2D eigenvalue weighted by molar-refractivity contribution is 6.08. The van der Waals surface area contributed by atoms with Crippen molar-refractivity contribution in [1.29, 1.82) is 0 Å². The van der Waals surface area contributed by atoms with Crippen LogP contribution < -0.4 is 0 Å². The Balaban J connectivity index is 1.67. The van der Waals surface area contributed by atoms with Crippen molar-refractivity contribution >= 4 is 5.78 Å². The van der Waals surface area contributed by atoms with Gasteiger partial charge in [0.25, 0.3) is 0 Å². The quantitative estimate of drug-likeness (QED) is 0.480. The van der Waals surface area contributed by atoms with Crippen molar-refractivity contribution < 1.29 is 4.79 Å². The van der Waals surface area contributed by atoms with E-state index in [-0.39, 0.29) is 11.2 Å². The van der Waals surface area contributed by atoms with Crippen molar-refractivity contribution in [3.8, 4) is 0 Å². The molecule has 1 nitrogen and oxygen atoms in total. The molecule has 116 valence electrons. The van der Waals surface area contributed by atoms with E-state index >= 15 is 0 Å². The van der Waals surface area contributed by atoms with Crippen LogP contribution in [0.3, 0.4) is 0 Å². The standard InChI is InChI=1S/C23H18O/c1-17-16-23(17,20-10-6-3-7-11-20)21-14-12-19(13-15-21)22(24)18-8-4-2-5-9-18/h2-15H,1,16H2/t23-/m1/s1. The Morgan fingerprint density at radius 1 is 0.708 bits per heavy atom. The van der Waals surface area contributed by atoms with Crippen molar-refractivity contribution in [2.24, 2.45) is 0 Å². The SMILES string of the molecule is C=C1C[C@@]1(c1ccccc1)c1ccc(C(=O)c2ccccc2)cc1. The highest BCUT2D eigenvalue weighted by Crippen LogP contribution is 2.57. The second-order valence-corrected chi connectivity index (χ2v) is 6.32. The van der Waals surface area contributed by atoms with Gasteiger partial charge in [-0.15, -0.1) is 0 Å². The maximum atomic E-state index is 12.5. The van der Waals surface area contributed by atoms with Gasteiger partial charge in [-0.2, -0.15) is 0 Å². The number of carbonyl (C=O) groups is 1. The lowest BCUT2D eigenvalue weighted by Gasteiger charge is -2.16. The van der Waals surface area contributed by atoms with Crippen molar-refractivity contribution in [2.45, 2.75) is 11.8 Å². The third-order valence-corrected chi connectivity index (χ3v) is 4.90. The minimum absolute atomic E-state index is 0.0607. The molecule has 0 saturated heterocycles. The lowest BCUT2D eigenvalue weighted by Crippen LogP contribution is -2.10. The van der Waals surface area contributed by atoms with Gasteiger partial charge in [0.15, 0.2) is 5.78 Å². The highest BCUT2D eigenvalue weighted by Gasteiger charge is 2.49. The van der Waals surface area contributed by atoms with Crippen LogP contribution in [0.5, 0.6) is 0 Å². The summed E-state index contributed by atoms with van der Waals surface area (Å²) in [6, 6.07) is 27.9. The molecule has 1 aliphatic rings. The fourth-order valence-electron chi connectivity index (χ4n) is 3.44. The van der Waals surface area contributed by atoms with E-state index in [0.717, 1.165) is 17.5 Å². The van der Waals surface area contributed by atoms with Crippen LogP contribution in [0.4, 0.5) is 0 Å². The molecular formula is C23H18O. The second kappa shape index (κ2) is 5.61. The van der Waals surface area contributed by atoms with Gasteiger partial charge >= 0.3 is 0 Å². The molecule has 1 saturated carbocycles. The maximum absolute atomic E-state index is 12.5.